The van der Waals surface area contributed by atoms with Crippen molar-refractivity contribution >= 4 is 54.0 Å². The van der Waals surface area contributed by atoms with Crippen molar-refractivity contribution < 1.29 is 34.4 Å². The molecule has 2 aliphatic heterocycles. The van der Waals surface area contributed by atoms with Crippen LogP contribution in [0.1, 0.15) is 51.5 Å². The summed E-state index contributed by atoms with van der Waals surface area (Å²) >= 11 is 0. The Labute approximate surface area is 258 Å². The lowest BCUT2D eigenvalue weighted by Gasteiger charge is -2.42. The van der Waals surface area contributed by atoms with Gasteiger partial charge in [0.05, 0.1) is 23.6 Å². The standard InChI is InChI=1S/C34H37B2NO7/c1-3-7-21(17-22-13-14-29(38)26-11-5-4-10-25(22)26)12-15-30-31-20(2)16-27-32(28(31)19-35(41)44-30)34(40)37(33(27)39)24-9-6-8-23(18-24)36(42)43/h4-6,8-11,13-14,17-18,27-28,30,32,38,41-43H,3,7,12,15-16,19H2,1-2H3/b21-17+/t27-,28+,30-,32-/m1/s1. The highest BCUT2D eigenvalue weighted by atomic mass is 16.5. The monoisotopic (exact) mass is 593 g/mol. The van der Waals surface area contributed by atoms with Crippen LogP contribution in [0.15, 0.2) is 77.4 Å². The van der Waals surface area contributed by atoms with E-state index in [-0.39, 0.29) is 41.4 Å². The normalized spacial score (nSPS) is 23.8. The third-order valence-electron chi connectivity index (χ3n) is 9.47. The van der Waals surface area contributed by atoms with Gasteiger partial charge >= 0.3 is 14.2 Å². The zero-order valence-corrected chi connectivity index (χ0v) is 25.0. The molecule has 0 bridgehead atoms. The second kappa shape index (κ2) is 12.4. The maximum atomic E-state index is 13.9. The molecular formula is C34H37B2NO7. The SMILES string of the molecule is CCC/C(=C\c1ccc(O)c2ccccc12)CC[C@H]1OB(O)C[C@H]2C1=C(C)C[C@H]1C(=O)N(c3cccc(B(O)O)c3)C(=O)[C@H]12. The number of rotatable bonds is 8. The van der Waals surface area contributed by atoms with Gasteiger partial charge in [-0.25, -0.2) is 0 Å². The van der Waals surface area contributed by atoms with Crippen molar-refractivity contribution in [3.05, 3.63) is 82.9 Å². The molecule has 0 spiro atoms. The highest BCUT2D eigenvalue weighted by molar-refractivity contribution is 6.58. The fraction of sp³-hybridized carbons (Fsp3) is 0.353. The van der Waals surface area contributed by atoms with Crippen molar-refractivity contribution in [2.24, 2.45) is 17.8 Å². The van der Waals surface area contributed by atoms with Crippen LogP contribution >= 0.6 is 0 Å². The molecule has 3 aliphatic rings. The molecule has 1 aliphatic carbocycles. The number of phenolic OH excluding ortho intramolecular Hbond substituents is 1. The van der Waals surface area contributed by atoms with Crippen molar-refractivity contribution in [3.8, 4) is 5.75 Å². The van der Waals surface area contributed by atoms with Crippen molar-refractivity contribution in [2.75, 3.05) is 4.90 Å². The van der Waals surface area contributed by atoms with Crippen molar-refractivity contribution in [2.45, 2.75) is 58.4 Å². The first-order valence-corrected chi connectivity index (χ1v) is 15.4. The Bertz CT molecular complexity index is 1670. The molecule has 3 aromatic carbocycles. The largest absolute Gasteiger partial charge is 0.507 e. The molecule has 10 heteroatoms. The van der Waals surface area contributed by atoms with E-state index in [0.717, 1.165) is 46.7 Å². The van der Waals surface area contributed by atoms with E-state index < -0.39 is 26.1 Å². The third-order valence-corrected chi connectivity index (χ3v) is 9.47. The molecule has 0 unspecified atom stereocenters. The van der Waals surface area contributed by atoms with Gasteiger partial charge in [0.15, 0.2) is 0 Å². The number of fused-ring (bicyclic) bond motifs is 4. The quantitative estimate of drug-likeness (QED) is 0.175. The van der Waals surface area contributed by atoms with Crippen molar-refractivity contribution in [3.63, 3.8) is 0 Å². The molecular weight excluding hydrogens is 556 g/mol. The van der Waals surface area contributed by atoms with Gasteiger partial charge in [-0.3, -0.25) is 14.5 Å². The summed E-state index contributed by atoms with van der Waals surface area (Å²) in [5.74, 6) is -1.84. The van der Waals surface area contributed by atoms with E-state index in [0.29, 0.717) is 18.5 Å². The van der Waals surface area contributed by atoms with Crippen molar-refractivity contribution in [1.82, 2.24) is 0 Å². The van der Waals surface area contributed by atoms with E-state index in [1.165, 1.54) is 22.6 Å². The maximum Gasteiger partial charge on any atom is 0.488 e. The Morgan fingerprint density at radius 2 is 1.80 bits per heavy atom. The smallest absolute Gasteiger partial charge is 0.488 e. The molecule has 0 aromatic heterocycles. The van der Waals surface area contributed by atoms with Crippen LogP contribution in [0.25, 0.3) is 16.8 Å². The van der Waals surface area contributed by atoms with Crippen LogP contribution in [0.4, 0.5) is 5.69 Å². The molecule has 44 heavy (non-hydrogen) atoms. The maximum absolute atomic E-state index is 13.9. The van der Waals surface area contributed by atoms with Crippen molar-refractivity contribution in [1.29, 1.82) is 0 Å². The molecule has 4 N–H and O–H groups in total. The zero-order chi connectivity index (χ0) is 31.1. The fourth-order valence-corrected chi connectivity index (χ4v) is 7.56. The lowest BCUT2D eigenvalue weighted by molar-refractivity contribution is -0.122. The van der Waals surface area contributed by atoms with Crippen LogP contribution in [0.2, 0.25) is 6.32 Å². The molecule has 2 heterocycles. The minimum Gasteiger partial charge on any atom is -0.507 e. The minimum atomic E-state index is -1.72. The first kappa shape index (κ1) is 30.3. The third kappa shape index (κ3) is 5.52. The van der Waals surface area contributed by atoms with E-state index in [2.05, 4.69) is 13.0 Å². The summed E-state index contributed by atoms with van der Waals surface area (Å²) in [6, 6.07) is 17.7. The van der Waals surface area contributed by atoms with Crippen LogP contribution in [-0.4, -0.2) is 52.3 Å². The number of nitrogens with zero attached hydrogens (tertiary/aromatic N) is 1. The summed E-state index contributed by atoms with van der Waals surface area (Å²) in [6.07, 6.45) is 5.69. The molecule has 4 atom stereocenters. The number of amides is 2. The number of aromatic hydroxyl groups is 1. The van der Waals surface area contributed by atoms with Gasteiger partial charge in [-0.2, -0.15) is 0 Å². The molecule has 226 valence electrons. The molecule has 0 saturated carbocycles. The zero-order valence-electron chi connectivity index (χ0n) is 25.0. The number of hydrogen-bond donors (Lipinski definition) is 4. The molecule has 2 amide bonds. The summed E-state index contributed by atoms with van der Waals surface area (Å²) in [4.78, 5) is 28.7. The fourth-order valence-electron chi connectivity index (χ4n) is 7.56. The van der Waals surface area contributed by atoms with Gasteiger partial charge in [0.1, 0.15) is 5.75 Å². The first-order valence-electron chi connectivity index (χ1n) is 15.4. The molecule has 0 radical (unpaired) electrons. The number of allylic oxidation sites excluding steroid dienone is 2. The summed E-state index contributed by atoms with van der Waals surface area (Å²) in [5, 5.41) is 42.3. The Morgan fingerprint density at radius 3 is 2.55 bits per heavy atom. The van der Waals surface area contributed by atoms with Crippen LogP contribution < -0.4 is 10.4 Å². The summed E-state index contributed by atoms with van der Waals surface area (Å²) in [7, 11) is -2.77. The number of anilines is 1. The lowest BCUT2D eigenvalue weighted by atomic mass is 9.58. The van der Waals surface area contributed by atoms with E-state index in [1.54, 1.807) is 18.2 Å². The highest BCUT2D eigenvalue weighted by Gasteiger charge is 2.57. The molecule has 6 rings (SSSR count). The summed E-state index contributed by atoms with van der Waals surface area (Å²) in [6.45, 7) is 4.14. The topological polar surface area (TPSA) is 128 Å². The van der Waals surface area contributed by atoms with Crippen LogP contribution in [0.5, 0.6) is 5.75 Å². The average Bonchev–Trinajstić information content (AvgIpc) is 3.26. The van der Waals surface area contributed by atoms with Gasteiger partial charge in [0.25, 0.3) is 0 Å². The molecule has 2 saturated heterocycles. The molecule has 2 fully saturated rings. The number of benzene rings is 3. The number of hydrogen-bond acceptors (Lipinski definition) is 7. The Morgan fingerprint density at radius 1 is 1.02 bits per heavy atom. The van der Waals surface area contributed by atoms with Gasteiger partial charge in [0.2, 0.25) is 11.8 Å². The van der Waals surface area contributed by atoms with Gasteiger partial charge in [-0.05, 0) is 85.0 Å². The van der Waals surface area contributed by atoms with Gasteiger partial charge in [-0.15, -0.1) is 0 Å². The molecule has 8 nitrogen and oxygen atoms in total. The number of carbonyl (C=O) groups excluding carboxylic acids is 2. The molecule has 3 aromatic rings. The van der Waals surface area contributed by atoms with Crippen LogP contribution in [0, 0.1) is 17.8 Å². The van der Waals surface area contributed by atoms with Crippen LogP contribution in [-0.2, 0) is 14.2 Å². The van der Waals surface area contributed by atoms with Gasteiger partial charge in [0, 0.05) is 5.39 Å². The number of carbonyl (C=O) groups is 2. The van der Waals surface area contributed by atoms with E-state index in [9.17, 15) is 29.8 Å². The predicted octanol–water partition coefficient (Wildman–Crippen LogP) is 4.21. The number of imide groups is 1. The Hall–Kier alpha value is -3.69. The minimum absolute atomic E-state index is 0.200. The predicted molar refractivity (Wildman–Crippen MR) is 172 cm³/mol. The van der Waals surface area contributed by atoms with E-state index >= 15 is 0 Å². The summed E-state index contributed by atoms with van der Waals surface area (Å²) < 4.78 is 6.13. The van der Waals surface area contributed by atoms with E-state index in [1.807, 2.05) is 37.3 Å². The first-order chi connectivity index (χ1) is 21.2. The lowest BCUT2D eigenvalue weighted by Crippen LogP contribution is -2.46. The Kier molecular flexibility index (Phi) is 8.53. The van der Waals surface area contributed by atoms with Gasteiger partial charge < -0.3 is 24.8 Å². The second-order valence-electron chi connectivity index (χ2n) is 12.3. The van der Waals surface area contributed by atoms with Crippen LogP contribution in [0.3, 0.4) is 0 Å². The second-order valence-corrected chi connectivity index (χ2v) is 12.3. The number of phenols is 1. The van der Waals surface area contributed by atoms with Gasteiger partial charge in [-0.1, -0.05) is 73.0 Å². The Balaban J connectivity index is 1.27. The van der Waals surface area contributed by atoms with E-state index in [4.69, 9.17) is 4.65 Å². The summed E-state index contributed by atoms with van der Waals surface area (Å²) in [5.41, 5.74) is 4.84. The average molecular weight is 593 g/mol. The highest BCUT2D eigenvalue weighted by Crippen LogP contribution is 2.51.